The van der Waals surface area contributed by atoms with E-state index in [0.717, 1.165) is 27.0 Å². The summed E-state index contributed by atoms with van der Waals surface area (Å²) < 4.78 is 3.09. The van der Waals surface area contributed by atoms with E-state index in [1.165, 1.54) is 12.8 Å². The second-order valence-electron chi connectivity index (χ2n) is 8.66. The number of fused-ring (bicyclic) bond motifs is 1. The van der Waals surface area contributed by atoms with Crippen molar-refractivity contribution in [3.05, 3.63) is 70.0 Å². The second kappa shape index (κ2) is 8.59. The number of nitrogens with one attached hydrogen (secondary N) is 1. The Morgan fingerprint density at radius 1 is 1.18 bits per heavy atom. The van der Waals surface area contributed by atoms with E-state index in [-0.39, 0.29) is 11.9 Å². The first-order valence-electron chi connectivity index (χ1n) is 11.0. The van der Waals surface area contributed by atoms with Crippen LogP contribution >= 0.6 is 15.9 Å². The van der Waals surface area contributed by atoms with Crippen molar-refractivity contribution < 1.29 is 9.90 Å². The molecule has 168 valence electrons. The van der Waals surface area contributed by atoms with Gasteiger partial charge in [0.2, 0.25) is 5.82 Å². The molecule has 0 saturated heterocycles. The smallest absolute Gasteiger partial charge is 0.374 e. The lowest BCUT2D eigenvalue weighted by Crippen LogP contribution is -2.20. The molecule has 0 radical (unpaired) electrons. The van der Waals surface area contributed by atoms with E-state index in [4.69, 9.17) is 4.98 Å². The summed E-state index contributed by atoms with van der Waals surface area (Å²) in [5, 5.41) is 13.1. The monoisotopic (exact) mass is 505 g/mol. The van der Waals surface area contributed by atoms with Crippen LogP contribution in [0.15, 0.2) is 53.0 Å². The van der Waals surface area contributed by atoms with Crippen LogP contribution in [0.5, 0.6) is 0 Å². The van der Waals surface area contributed by atoms with Gasteiger partial charge in [0.05, 0.1) is 0 Å². The van der Waals surface area contributed by atoms with Gasteiger partial charge in [-0.15, -0.1) is 0 Å². The summed E-state index contributed by atoms with van der Waals surface area (Å²) in [6.45, 7) is 4.70. The first-order chi connectivity index (χ1) is 15.9. The Morgan fingerprint density at radius 2 is 1.94 bits per heavy atom. The molecule has 1 aliphatic rings. The van der Waals surface area contributed by atoms with Crippen molar-refractivity contribution in [1.82, 2.24) is 19.5 Å². The first kappa shape index (κ1) is 21.6. The third-order valence-corrected chi connectivity index (χ3v) is 6.55. The number of carboxylic acids is 1. The molecule has 8 heteroatoms. The van der Waals surface area contributed by atoms with Crippen molar-refractivity contribution in [2.75, 3.05) is 5.32 Å². The highest BCUT2D eigenvalue weighted by Crippen LogP contribution is 2.36. The SMILES string of the molecule is Cc1cccc(-c2nc3nc(C(=O)O)nc(N[C@H](C)C4CC4)c3n2Cc2ccc(Br)cc2)c1. The van der Waals surface area contributed by atoms with E-state index in [1.807, 2.05) is 37.3 Å². The van der Waals surface area contributed by atoms with Crippen LogP contribution < -0.4 is 5.32 Å². The molecule has 2 aromatic heterocycles. The molecule has 1 saturated carbocycles. The van der Waals surface area contributed by atoms with Crippen LogP contribution in [0.3, 0.4) is 0 Å². The average Bonchev–Trinajstić information content (AvgIpc) is 3.57. The number of hydrogen-bond acceptors (Lipinski definition) is 5. The van der Waals surface area contributed by atoms with Crippen LogP contribution in [-0.2, 0) is 6.54 Å². The molecule has 1 atom stereocenters. The predicted molar refractivity (Wildman–Crippen MR) is 132 cm³/mol. The number of aromatic carboxylic acids is 1. The van der Waals surface area contributed by atoms with Crippen molar-refractivity contribution >= 4 is 38.9 Å². The number of hydrogen-bond donors (Lipinski definition) is 2. The predicted octanol–water partition coefficient (Wildman–Crippen LogP) is 5.52. The van der Waals surface area contributed by atoms with Crippen molar-refractivity contribution in [1.29, 1.82) is 0 Å². The molecule has 5 rings (SSSR count). The standard InChI is InChI=1S/C25H24BrN5O2/c1-14-4-3-5-18(12-14)24-30-22-20(31(24)13-16-6-10-19(26)11-7-16)21(27-15(2)17-8-9-17)28-23(29-22)25(32)33/h3-7,10-12,15,17H,8-9,13H2,1-2H3,(H,32,33)(H,27,28,29)/t15-/m1/s1. The van der Waals surface area contributed by atoms with Crippen molar-refractivity contribution in [2.45, 2.75) is 39.3 Å². The molecule has 4 aromatic rings. The summed E-state index contributed by atoms with van der Waals surface area (Å²) in [5.41, 5.74) is 4.25. The Balaban J connectivity index is 1.73. The largest absolute Gasteiger partial charge is 0.475 e. The van der Waals surface area contributed by atoms with E-state index in [1.54, 1.807) is 0 Å². The zero-order valence-electron chi connectivity index (χ0n) is 18.4. The Hall–Kier alpha value is -3.26. The lowest BCUT2D eigenvalue weighted by molar-refractivity contribution is 0.0684. The highest BCUT2D eigenvalue weighted by Gasteiger charge is 2.30. The van der Waals surface area contributed by atoms with E-state index in [9.17, 15) is 9.90 Å². The summed E-state index contributed by atoms with van der Waals surface area (Å²) in [4.78, 5) is 25.3. The zero-order chi connectivity index (χ0) is 23.1. The van der Waals surface area contributed by atoms with Crippen molar-refractivity contribution in [3.63, 3.8) is 0 Å². The maximum atomic E-state index is 11.8. The number of rotatable bonds is 7. The number of halogens is 1. The highest BCUT2D eigenvalue weighted by atomic mass is 79.9. The molecular weight excluding hydrogens is 482 g/mol. The van der Waals surface area contributed by atoms with E-state index >= 15 is 0 Å². The van der Waals surface area contributed by atoms with Crippen LogP contribution in [0.2, 0.25) is 0 Å². The Labute approximate surface area is 200 Å². The minimum absolute atomic E-state index is 0.184. The summed E-state index contributed by atoms with van der Waals surface area (Å²) in [6.07, 6.45) is 2.34. The third-order valence-electron chi connectivity index (χ3n) is 6.02. The molecule has 0 bridgehead atoms. The topological polar surface area (TPSA) is 92.9 Å². The van der Waals surface area contributed by atoms with Gasteiger partial charge in [-0.25, -0.2) is 19.7 Å². The normalized spacial score (nSPS) is 14.4. The van der Waals surface area contributed by atoms with Crippen LogP contribution in [0, 0.1) is 12.8 Å². The lowest BCUT2D eigenvalue weighted by Gasteiger charge is -2.17. The Kier molecular flexibility index (Phi) is 5.62. The molecular formula is C25H24BrN5O2. The number of carbonyl (C=O) groups is 1. The first-order valence-corrected chi connectivity index (χ1v) is 11.8. The summed E-state index contributed by atoms with van der Waals surface area (Å²) in [7, 11) is 0. The number of imidazole rings is 1. The average molecular weight is 506 g/mol. The van der Waals surface area contributed by atoms with Gasteiger partial charge in [-0.2, -0.15) is 0 Å². The molecule has 2 aromatic carbocycles. The molecule has 33 heavy (non-hydrogen) atoms. The minimum Gasteiger partial charge on any atom is -0.475 e. The van der Waals surface area contributed by atoms with Crippen LogP contribution in [-0.4, -0.2) is 36.6 Å². The van der Waals surface area contributed by atoms with Gasteiger partial charge in [-0.1, -0.05) is 51.8 Å². The highest BCUT2D eigenvalue weighted by molar-refractivity contribution is 9.10. The number of aromatic nitrogens is 4. The van der Waals surface area contributed by atoms with E-state index in [0.29, 0.717) is 29.4 Å². The van der Waals surface area contributed by atoms with Crippen molar-refractivity contribution in [3.8, 4) is 11.4 Å². The van der Waals surface area contributed by atoms with E-state index < -0.39 is 5.97 Å². The molecule has 0 amide bonds. The Morgan fingerprint density at radius 3 is 2.61 bits per heavy atom. The lowest BCUT2D eigenvalue weighted by atomic mass is 10.1. The number of aryl methyl sites for hydroxylation is 1. The summed E-state index contributed by atoms with van der Waals surface area (Å²) >= 11 is 3.50. The van der Waals surface area contributed by atoms with Crippen molar-refractivity contribution in [2.24, 2.45) is 5.92 Å². The second-order valence-corrected chi connectivity index (χ2v) is 9.58. The Bertz CT molecular complexity index is 1350. The molecule has 0 spiro atoms. The van der Waals surface area contributed by atoms with Gasteiger partial charge in [0.25, 0.3) is 0 Å². The maximum absolute atomic E-state index is 11.8. The summed E-state index contributed by atoms with van der Waals surface area (Å²) in [5.74, 6) is 0.397. The fraction of sp³-hybridized carbons (Fsp3) is 0.280. The van der Waals surface area contributed by atoms with Gasteiger partial charge in [0, 0.05) is 22.6 Å². The van der Waals surface area contributed by atoms with Gasteiger partial charge in [-0.05, 0) is 56.4 Å². The quantitative estimate of drug-likeness (QED) is 0.343. The van der Waals surface area contributed by atoms with Gasteiger partial charge >= 0.3 is 5.97 Å². The van der Waals surface area contributed by atoms with Gasteiger partial charge in [0.15, 0.2) is 11.5 Å². The molecule has 1 aliphatic carbocycles. The zero-order valence-corrected chi connectivity index (χ0v) is 20.0. The molecule has 1 fully saturated rings. The number of benzene rings is 2. The minimum atomic E-state index is -1.17. The molecule has 0 unspecified atom stereocenters. The van der Waals surface area contributed by atoms with Gasteiger partial charge < -0.3 is 15.0 Å². The molecule has 7 nitrogen and oxygen atoms in total. The van der Waals surface area contributed by atoms with Crippen LogP contribution in [0.4, 0.5) is 5.82 Å². The van der Waals surface area contributed by atoms with Crippen LogP contribution in [0.1, 0.15) is 41.5 Å². The number of anilines is 1. The van der Waals surface area contributed by atoms with Gasteiger partial charge in [0.1, 0.15) is 11.3 Å². The molecule has 2 heterocycles. The number of carboxylic acid groups (broad SMARTS) is 1. The third kappa shape index (κ3) is 4.48. The molecule has 0 aliphatic heterocycles. The fourth-order valence-corrected chi connectivity index (χ4v) is 4.36. The van der Waals surface area contributed by atoms with Gasteiger partial charge in [-0.3, -0.25) is 0 Å². The molecule has 2 N–H and O–H groups in total. The number of nitrogens with zero attached hydrogens (tertiary/aromatic N) is 4. The van der Waals surface area contributed by atoms with E-state index in [2.05, 4.69) is 60.9 Å². The fourth-order valence-electron chi connectivity index (χ4n) is 4.09. The maximum Gasteiger partial charge on any atom is 0.374 e. The summed E-state index contributed by atoms with van der Waals surface area (Å²) in [6, 6.07) is 16.4. The van der Waals surface area contributed by atoms with Crippen LogP contribution in [0.25, 0.3) is 22.6 Å².